The number of methoxy groups -OCH3 is 3. The summed E-state index contributed by atoms with van der Waals surface area (Å²) in [6.07, 6.45) is 1.74. The van der Waals surface area contributed by atoms with Gasteiger partial charge in [-0.25, -0.2) is 0 Å². The molecular formula is C19H18O6. The Bertz CT molecular complexity index is 974. The van der Waals surface area contributed by atoms with Crippen LogP contribution in [0.5, 0.6) is 23.0 Å². The van der Waals surface area contributed by atoms with Crippen LogP contribution in [0, 0.1) is 0 Å². The molecule has 1 heterocycles. The molecule has 0 aliphatic rings. The number of phenolic OH excluding ortho intramolecular Hbond substituents is 1. The van der Waals surface area contributed by atoms with Crippen LogP contribution in [0.4, 0.5) is 0 Å². The van der Waals surface area contributed by atoms with Gasteiger partial charge in [-0.2, -0.15) is 0 Å². The molecule has 0 atom stereocenters. The highest BCUT2D eigenvalue weighted by atomic mass is 16.5. The van der Waals surface area contributed by atoms with E-state index in [2.05, 4.69) is 0 Å². The van der Waals surface area contributed by atoms with E-state index in [0.29, 0.717) is 29.2 Å². The molecule has 0 bridgehead atoms. The summed E-state index contributed by atoms with van der Waals surface area (Å²) in [4.78, 5) is 12.7. The molecule has 0 saturated heterocycles. The molecule has 0 amide bonds. The Hall–Kier alpha value is -3.15. The van der Waals surface area contributed by atoms with Crippen LogP contribution < -0.4 is 19.6 Å². The van der Waals surface area contributed by atoms with Gasteiger partial charge in [0.2, 0.25) is 0 Å². The Kier molecular flexibility index (Phi) is 4.52. The lowest BCUT2D eigenvalue weighted by Crippen LogP contribution is -2.09. The molecule has 0 aliphatic carbocycles. The van der Waals surface area contributed by atoms with Gasteiger partial charge < -0.3 is 23.7 Å². The molecule has 0 saturated carbocycles. The third-order valence-corrected chi connectivity index (χ3v) is 3.98. The minimum absolute atomic E-state index is 0.138. The fourth-order valence-electron chi connectivity index (χ4n) is 2.70. The molecule has 130 valence electrons. The monoisotopic (exact) mass is 342 g/mol. The Morgan fingerprint density at radius 2 is 1.76 bits per heavy atom. The number of aromatic hydroxyl groups is 1. The highest BCUT2D eigenvalue weighted by Crippen LogP contribution is 2.30. The summed E-state index contributed by atoms with van der Waals surface area (Å²) in [5, 5.41) is 10.3. The van der Waals surface area contributed by atoms with Crippen molar-refractivity contribution in [3.8, 4) is 23.0 Å². The lowest BCUT2D eigenvalue weighted by Gasteiger charge is -2.10. The quantitative estimate of drug-likeness (QED) is 0.767. The van der Waals surface area contributed by atoms with E-state index in [4.69, 9.17) is 18.6 Å². The van der Waals surface area contributed by atoms with Crippen LogP contribution in [0.1, 0.15) is 11.1 Å². The summed E-state index contributed by atoms with van der Waals surface area (Å²) in [5.41, 5.74) is 1.28. The number of ether oxygens (including phenoxy) is 3. The Morgan fingerprint density at radius 1 is 1.00 bits per heavy atom. The summed E-state index contributed by atoms with van der Waals surface area (Å²) in [7, 11) is 4.59. The van der Waals surface area contributed by atoms with Crippen LogP contribution in [0.15, 0.2) is 45.8 Å². The van der Waals surface area contributed by atoms with E-state index in [9.17, 15) is 9.90 Å². The maximum atomic E-state index is 12.7. The van der Waals surface area contributed by atoms with Crippen molar-refractivity contribution in [2.24, 2.45) is 0 Å². The first-order valence-corrected chi connectivity index (χ1v) is 7.59. The minimum atomic E-state index is -0.281. The molecule has 6 nitrogen and oxygen atoms in total. The molecule has 0 aliphatic heterocycles. The summed E-state index contributed by atoms with van der Waals surface area (Å²) in [6, 6.07) is 8.38. The molecule has 3 rings (SSSR count). The van der Waals surface area contributed by atoms with E-state index >= 15 is 0 Å². The Morgan fingerprint density at radius 3 is 2.44 bits per heavy atom. The maximum Gasteiger partial charge on any atom is 0.199 e. The lowest BCUT2D eigenvalue weighted by atomic mass is 10.0. The molecule has 0 spiro atoms. The summed E-state index contributed by atoms with van der Waals surface area (Å²) < 4.78 is 21.1. The Labute approximate surface area is 144 Å². The smallest absolute Gasteiger partial charge is 0.199 e. The predicted molar refractivity (Wildman–Crippen MR) is 93.1 cm³/mol. The van der Waals surface area contributed by atoms with E-state index in [0.717, 1.165) is 5.56 Å². The molecule has 1 N–H and O–H groups in total. The summed E-state index contributed by atoms with van der Waals surface area (Å²) in [5.74, 6) is 1.44. The average molecular weight is 342 g/mol. The molecule has 1 aromatic heterocycles. The number of rotatable bonds is 5. The molecule has 3 aromatic rings. The van der Waals surface area contributed by atoms with Gasteiger partial charge in [0.25, 0.3) is 0 Å². The number of benzene rings is 2. The van der Waals surface area contributed by atoms with Crippen molar-refractivity contribution in [2.75, 3.05) is 21.3 Å². The second kappa shape index (κ2) is 6.76. The van der Waals surface area contributed by atoms with Gasteiger partial charge in [-0.05, 0) is 17.7 Å². The first kappa shape index (κ1) is 16.7. The zero-order chi connectivity index (χ0) is 18.0. The van der Waals surface area contributed by atoms with Crippen LogP contribution in [0.3, 0.4) is 0 Å². The highest BCUT2D eigenvalue weighted by Gasteiger charge is 2.14. The van der Waals surface area contributed by atoms with Gasteiger partial charge in [0.1, 0.15) is 22.5 Å². The van der Waals surface area contributed by atoms with Crippen molar-refractivity contribution in [3.63, 3.8) is 0 Å². The van der Waals surface area contributed by atoms with E-state index in [-0.39, 0.29) is 22.1 Å². The van der Waals surface area contributed by atoms with Crippen molar-refractivity contribution < 1.29 is 23.7 Å². The fourth-order valence-corrected chi connectivity index (χ4v) is 2.70. The van der Waals surface area contributed by atoms with Gasteiger partial charge in [0, 0.05) is 24.1 Å². The van der Waals surface area contributed by atoms with Gasteiger partial charge >= 0.3 is 0 Å². The van der Waals surface area contributed by atoms with Crippen molar-refractivity contribution in [1.82, 2.24) is 0 Å². The number of phenols is 1. The van der Waals surface area contributed by atoms with Crippen molar-refractivity contribution >= 4 is 11.0 Å². The maximum absolute atomic E-state index is 12.7. The van der Waals surface area contributed by atoms with Crippen molar-refractivity contribution in [1.29, 1.82) is 0 Å². The molecule has 0 fully saturated rings. The van der Waals surface area contributed by atoms with E-state index in [1.807, 2.05) is 6.07 Å². The number of fused-ring (bicyclic) bond motifs is 1. The van der Waals surface area contributed by atoms with E-state index in [1.165, 1.54) is 19.4 Å². The largest absolute Gasteiger partial charge is 0.507 e. The van der Waals surface area contributed by atoms with Gasteiger partial charge in [-0.1, -0.05) is 6.07 Å². The zero-order valence-corrected chi connectivity index (χ0v) is 14.2. The zero-order valence-electron chi connectivity index (χ0n) is 14.2. The number of hydrogen-bond acceptors (Lipinski definition) is 6. The molecule has 25 heavy (non-hydrogen) atoms. The topological polar surface area (TPSA) is 78.1 Å². The van der Waals surface area contributed by atoms with Crippen molar-refractivity contribution in [2.45, 2.75) is 6.42 Å². The second-order valence-corrected chi connectivity index (χ2v) is 5.48. The molecule has 0 unspecified atom stereocenters. The lowest BCUT2D eigenvalue weighted by molar-refractivity contribution is 0.354. The molecule has 6 heteroatoms. The Balaban J connectivity index is 2.04. The molecular weight excluding hydrogens is 324 g/mol. The fraction of sp³-hybridized carbons (Fsp3) is 0.211. The van der Waals surface area contributed by atoms with E-state index < -0.39 is 0 Å². The van der Waals surface area contributed by atoms with E-state index in [1.54, 1.807) is 32.4 Å². The number of hydrogen-bond donors (Lipinski definition) is 1. The first-order valence-electron chi connectivity index (χ1n) is 7.59. The van der Waals surface area contributed by atoms with Crippen LogP contribution in [0.25, 0.3) is 11.0 Å². The SMILES string of the molecule is COc1cc(O)c2c(=O)c(Cc3ccc(OC)c(OC)c3)coc2c1. The molecule has 0 radical (unpaired) electrons. The predicted octanol–water partition coefficient (Wildman–Crippen LogP) is 3.12. The van der Waals surface area contributed by atoms with Crippen LogP contribution in [-0.2, 0) is 6.42 Å². The third kappa shape index (κ3) is 3.10. The molecule has 2 aromatic carbocycles. The summed E-state index contributed by atoms with van der Waals surface area (Å²) in [6.45, 7) is 0. The van der Waals surface area contributed by atoms with Gasteiger partial charge in [0.05, 0.1) is 27.6 Å². The second-order valence-electron chi connectivity index (χ2n) is 5.48. The van der Waals surface area contributed by atoms with Crippen LogP contribution >= 0.6 is 0 Å². The van der Waals surface area contributed by atoms with Gasteiger partial charge in [0.15, 0.2) is 16.9 Å². The van der Waals surface area contributed by atoms with Crippen LogP contribution in [-0.4, -0.2) is 26.4 Å². The van der Waals surface area contributed by atoms with Gasteiger partial charge in [-0.3, -0.25) is 4.79 Å². The average Bonchev–Trinajstić information content (AvgIpc) is 2.63. The first-order chi connectivity index (χ1) is 12.1. The van der Waals surface area contributed by atoms with Crippen LogP contribution in [0.2, 0.25) is 0 Å². The van der Waals surface area contributed by atoms with Gasteiger partial charge in [-0.15, -0.1) is 0 Å². The summed E-state index contributed by atoms with van der Waals surface area (Å²) >= 11 is 0. The normalized spacial score (nSPS) is 10.7. The minimum Gasteiger partial charge on any atom is -0.507 e. The van der Waals surface area contributed by atoms with Crippen molar-refractivity contribution in [3.05, 3.63) is 57.9 Å². The third-order valence-electron chi connectivity index (χ3n) is 3.98. The highest BCUT2D eigenvalue weighted by molar-refractivity contribution is 5.85. The standard InChI is InChI=1S/C19H18O6/c1-22-13-8-14(20)18-17(9-13)25-10-12(19(18)21)6-11-4-5-15(23-2)16(7-11)24-3/h4-5,7-10,20H,6H2,1-3H3.